The van der Waals surface area contributed by atoms with E-state index in [0.717, 1.165) is 18.4 Å². The maximum Gasteiger partial charge on any atom is 0.181 e. The zero-order valence-electron chi connectivity index (χ0n) is 21.1. The summed E-state index contributed by atoms with van der Waals surface area (Å²) in [5, 5.41) is 0. The lowest BCUT2D eigenvalue weighted by Gasteiger charge is -2.26. The lowest BCUT2D eigenvalue weighted by molar-refractivity contribution is -0.139. The van der Waals surface area contributed by atoms with Crippen molar-refractivity contribution >= 4 is 23.3 Å². The fraction of sp³-hybridized carbons (Fsp3) is 0.536. The average Bonchev–Trinajstić information content (AvgIpc) is 3.25. The van der Waals surface area contributed by atoms with Crippen molar-refractivity contribution in [2.24, 2.45) is 5.92 Å². The number of carbonyl (C=O) groups excluding carboxylic acids is 2. The van der Waals surface area contributed by atoms with Crippen LogP contribution in [-0.2, 0) is 19.0 Å². The van der Waals surface area contributed by atoms with Crippen molar-refractivity contribution in [3.05, 3.63) is 59.2 Å². The first-order valence-corrected chi connectivity index (χ1v) is 13.7. The minimum atomic E-state index is -0.640. The van der Waals surface area contributed by atoms with Crippen molar-refractivity contribution in [1.82, 2.24) is 4.98 Å². The maximum absolute atomic E-state index is 14.5. The first-order valence-electron chi connectivity index (χ1n) is 12.5. The van der Waals surface area contributed by atoms with E-state index in [4.69, 9.17) is 14.2 Å². The van der Waals surface area contributed by atoms with Crippen molar-refractivity contribution < 1.29 is 28.2 Å². The predicted octanol–water partition coefficient (Wildman–Crippen LogP) is 5.90. The van der Waals surface area contributed by atoms with Crippen LogP contribution in [0.5, 0.6) is 0 Å². The number of aromatic nitrogens is 1. The topological polar surface area (TPSA) is 74.7 Å². The number of hydrogen-bond acceptors (Lipinski definition) is 7. The number of rotatable bonds is 10. The normalized spacial score (nSPS) is 20.8. The van der Waals surface area contributed by atoms with Gasteiger partial charge in [0, 0.05) is 48.6 Å². The Hall–Kier alpha value is -2.13. The van der Waals surface area contributed by atoms with Crippen molar-refractivity contribution in [3.8, 4) is 0 Å². The molecule has 0 N–H and O–H groups in total. The molecule has 36 heavy (non-hydrogen) atoms. The highest BCUT2D eigenvalue weighted by Gasteiger charge is 2.34. The van der Waals surface area contributed by atoms with E-state index >= 15 is 0 Å². The average molecular weight is 516 g/mol. The molecule has 0 amide bonds. The lowest BCUT2D eigenvalue weighted by atomic mass is 9.81. The van der Waals surface area contributed by atoms with E-state index in [2.05, 4.69) is 4.98 Å². The minimum Gasteiger partial charge on any atom is -0.381 e. The predicted molar refractivity (Wildman–Crippen MR) is 136 cm³/mol. The second-order valence-electron chi connectivity index (χ2n) is 9.92. The molecule has 0 radical (unpaired) electrons. The van der Waals surface area contributed by atoms with Gasteiger partial charge in [-0.15, -0.1) is 11.8 Å². The van der Waals surface area contributed by atoms with Crippen LogP contribution in [0.4, 0.5) is 4.39 Å². The number of halogens is 1. The molecular weight excluding hydrogens is 481 g/mol. The van der Waals surface area contributed by atoms with Crippen LogP contribution in [0.15, 0.2) is 41.4 Å². The Morgan fingerprint density at radius 2 is 1.94 bits per heavy atom. The van der Waals surface area contributed by atoms with Crippen LogP contribution in [0.1, 0.15) is 79.6 Å². The van der Waals surface area contributed by atoms with Gasteiger partial charge in [0.1, 0.15) is 23.4 Å². The molecule has 3 heterocycles. The molecule has 2 aliphatic rings. The molecule has 0 spiro atoms. The molecule has 8 heteroatoms. The summed E-state index contributed by atoms with van der Waals surface area (Å²) in [6.07, 6.45) is 5.81. The summed E-state index contributed by atoms with van der Waals surface area (Å²) < 4.78 is 31.4. The molecule has 2 fully saturated rings. The third-order valence-corrected chi connectivity index (χ3v) is 7.70. The summed E-state index contributed by atoms with van der Waals surface area (Å²) >= 11 is 1.34. The highest BCUT2D eigenvalue weighted by Crippen LogP contribution is 2.34. The summed E-state index contributed by atoms with van der Waals surface area (Å²) in [7, 11) is 0. The molecule has 2 unspecified atom stereocenters. The van der Waals surface area contributed by atoms with Crippen LogP contribution >= 0.6 is 11.8 Å². The Bertz CT molecular complexity index is 1070. The van der Waals surface area contributed by atoms with Gasteiger partial charge < -0.3 is 14.2 Å². The Morgan fingerprint density at radius 1 is 1.17 bits per heavy atom. The Morgan fingerprint density at radius 3 is 2.56 bits per heavy atom. The highest BCUT2D eigenvalue weighted by atomic mass is 32.2. The molecule has 1 aromatic heterocycles. The number of pyridine rings is 1. The monoisotopic (exact) mass is 515 g/mol. The molecule has 1 aromatic carbocycles. The minimum absolute atomic E-state index is 0.0403. The highest BCUT2D eigenvalue weighted by molar-refractivity contribution is 7.98. The van der Waals surface area contributed by atoms with Crippen LogP contribution in [-0.4, -0.2) is 48.4 Å². The number of ketones is 2. The molecule has 2 saturated heterocycles. The fourth-order valence-corrected chi connectivity index (χ4v) is 5.28. The third kappa shape index (κ3) is 6.79. The molecule has 194 valence electrons. The number of nitrogens with zero attached hydrogens (tertiary/aromatic N) is 1. The molecular formula is C28H34FNO5S. The first-order chi connectivity index (χ1) is 17.3. The Balaban J connectivity index is 1.40. The summed E-state index contributed by atoms with van der Waals surface area (Å²) in [6, 6.07) is 8.55. The van der Waals surface area contributed by atoms with Crippen molar-refractivity contribution in [2.75, 3.05) is 26.1 Å². The SMILES string of the molecule is CSc1ccc(C(CC2CCOCC2)C(=O)CCC(=O)c2ccc(C3COC(C)(C)O3)cn2)cc1F. The number of carbonyl (C=O) groups is 2. The Kier molecular flexibility index (Phi) is 8.93. The van der Waals surface area contributed by atoms with E-state index in [1.54, 1.807) is 18.3 Å². The van der Waals surface area contributed by atoms with Gasteiger partial charge in [0.25, 0.3) is 0 Å². The van der Waals surface area contributed by atoms with E-state index in [0.29, 0.717) is 48.3 Å². The van der Waals surface area contributed by atoms with Gasteiger partial charge in [0.2, 0.25) is 0 Å². The zero-order valence-corrected chi connectivity index (χ0v) is 21.9. The van der Waals surface area contributed by atoms with Gasteiger partial charge in [-0.25, -0.2) is 4.39 Å². The smallest absolute Gasteiger partial charge is 0.181 e. The molecule has 2 atom stereocenters. The largest absolute Gasteiger partial charge is 0.381 e. The first kappa shape index (κ1) is 26.9. The van der Waals surface area contributed by atoms with Gasteiger partial charge in [0.15, 0.2) is 11.6 Å². The van der Waals surface area contributed by atoms with Crippen LogP contribution < -0.4 is 0 Å². The summed E-state index contributed by atoms with van der Waals surface area (Å²) in [5.41, 5.74) is 1.85. The molecule has 0 bridgehead atoms. The fourth-order valence-electron chi connectivity index (χ4n) is 4.82. The van der Waals surface area contributed by atoms with Gasteiger partial charge in [-0.2, -0.15) is 0 Å². The van der Waals surface area contributed by atoms with E-state index in [1.807, 2.05) is 32.2 Å². The van der Waals surface area contributed by atoms with E-state index in [9.17, 15) is 14.0 Å². The van der Waals surface area contributed by atoms with Gasteiger partial charge in [-0.05, 0) is 69.0 Å². The molecule has 2 aromatic rings. The van der Waals surface area contributed by atoms with Crippen LogP contribution in [0.2, 0.25) is 0 Å². The quantitative estimate of drug-likeness (QED) is 0.288. The number of thioether (sulfide) groups is 1. The molecule has 0 aliphatic carbocycles. The molecule has 4 rings (SSSR count). The van der Waals surface area contributed by atoms with Crippen molar-refractivity contribution in [2.45, 2.75) is 68.7 Å². The summed E-state index contributed by atoms with van der Waals surface area (Å²) in [5.74, 6) is -1.28. The maximum atomic E-state index is 14.5. The second-order valence-corrected chi connectivity index (χ2v) is 10.8. The summed E-state index contributed by atoms with van der Waals surface area (Å²) in [4.78, 5) is 31.0. The number of hydrogen-bond donors (Lipinski definition) is 0. The van der Waals surface area contributed by atoms with Crippen LogP contribution in [0, 0.1) is 11.7 Å². The van der Waals surface area contributed by atoms with Crippen LogP contribution in [0.3, 0.4) is 0 Å². The lowest BCUT2D eigenvalue weighted by Crippen LogP contribution is -2.22. The summed E-state index contributed by atoms with van der Waals surface area (Å²) in [6.45, 7) is 5.51. The number of benzene rings is 1. The van der Waals surface area contributed by atoms with Crippen molar-refractivity contribution in [3.63, 3.8) is 0 Å². The van der Waals surface area contributed by atoms with Crippen LogP contribution in [0.25, 0.3) is 0 Å². The van der Waals surface area contributed by atoms with E-state index < -0.39 is 11.7 Å². The van der Waals surface area contributed by atoms with E-state index in [-0.39, 0.29) is 36.3 Å². The van der Waals surface area contributed by atoms with E-state index in [1.165, 1.54) is 17.8 Å². The number of Topliss-reactive ketones (excluding diaryl/α,β-unsaturated/α-hetero) is 2. The van der Waals surface area contributed by atoms with Gasteiger partial charge in [-0.3, -0.25) is 14.6 Å². The van der Waals surface area contributed by atoms with Gasteiger partial charge in [0.05, 0.1) is 6.61 Å². The zero-order chi connectivity index (χ0) is 25.7. The van der Waals surface area contributed by atoms with Gasteiger partial charge >= 0.3 is 0 Å². The van der Waals surface area contributed by atoms with Gasteiger partial charge in [-0.1, -0.05) is 12.1 Å². The molecule has 0 saturated carbocycles. The van der Waals surface area contributed by atoms with Crippen molar-refractivity contribution in [1.29, 1.82) is 0 Å². The second kappa shape index (κ2) is 11.9. The molecule has 6 nitrogen and oxygen atoms in total. The molecule has 2 aliphatic heterocycles. The Labute approximate surface area is 216 Å². The number of ether oxygens (including phenoxy) is 3. The standard InChI is InChI=1S/C28H34FNO5S/c1-28(2)34-17-26(35-28)20-4-6-23(30-16-20)25(32)8-7-24(31)21(14-18-10-12-33-13-11-18)19-5-9-27(36-3)22(29)15-19/h4-6,9,15-16,18,21,26H,7-8,10-14,17H2,1-3H3. The third-order valence-electron chi connectivity index (χ3n) is 6.93.